The van der Waals surface area contributed by atoms with Crippen LogP contribution in [0.4, 0.5) is 5.69 Å². The largest absolute Gasteiger partial charge is 0.322 e. The minimum atomic E-state index is -0.495. The number of amides is 3. The Hall–Kier alpha value is -3.45. The summed E-state index contributed by atoms with van der Waals surface area (Å²) >= 11 is 3.32. The molecular formula is C22H18BrN3O3. The summed E-state index contributed by atoms with van der Waals surface area (Å²) in [5.74, 6) is -1.20. The van der Waals surface area contributed by atoms with E-state index in [1.165, 1.54) is 6.07 Å². The number of hydrogen-bond acceptors (Lipinski definition) is 3. The number of carbonyl (C=O) groups excluding carboxylic acids is 3. The van der Waals surface area contributed by atoms with E-state index < -0.39 is 11.8 Å². The lowest BCUT2D eigenvalue weighted by Crippen LogP contribution is -2.41. The van der Waals surface area contributed by atoms with Crippen molar-refractivity contribution in [1.29, 1.82) is 0 Å². The molecule has 7 heteroatoms. The maximum atomic E-state index is 12.3. The van der Waals surface area contributed by atoms with Gasteiger partial charge in [0.1, 0.15) is 0 Å². The van der Waals surface area contributed by atoms with Gasteiger partial charge in [-0.3, -0.25) is 25.2 Å². The summed E-state index contributed by atoms with van der Waals surface area (Å²) in [6, 6.07) is 20.4. The van der Waals surface area contributed by atoms with E-state index in [2.05, 4.69) is 32.1 Å². The molecule has 6 nitrogen and oxygen atoms in total. The van der Waals surface area contributed by atoms with Crippen LogP contribution in [0.1, 0.15) is 36.6 Å². The summed E-state index contributed by atoms with van der Waals surface area (Å²) in [5.41, 5.74) is 7.41. The van der Waals surface area contributed by atoms with Gasteiger partial charge in [-0.05, 0) is 61.5 Å². The summed E-state index contributed by atoms with van der Waals surface area (Å²) in [5, 5.41) is 2.75. The van der Waals surface area contributed by atoms with Crippen molar-refractivity contribution in [3.05, 3.63) is 99.5 Å². The average Bonchev–Trinajstić information content (AvgIpc) is 2.72. The lowest BCUT2D eigenvalue weighted by molar-refractivity contribution is 0.0846. The highest BCUT2D eigenvalue weighted by atomic mass is 79.9. The maximum Gasteiger partial charge on any atom is 0.269 e. The van der Waals surface area contributed by atoms with Crippen molar-refractivity contribution in [2.24, 2.45) is 0 Å². The minimum Gasteiger partial charge on any atom is -0.322 e. The van der Waals surface area contributed by atoms with Crippen LogP contribution >= 0.6 is 15.9 Å². The topological polar surface area (TPSA) is 87.3 Å². The van der Waals surface area contributed by atoms with E-state index in [0.717, 1.165) is 10.0 Å². The van der Waals surface area contributed by atoms with E-state index in [1.54, 1.807) is 60.7 Å². The van der Waals surface area contributed by atoms with Crippen molar-refractivity contribution in [1.82, 2.24) is 10.9 Å². The average molecular weight is 452 g/mol. The monoisotopic (exact) mass is 451 g/mol. The third-order valence-electron chi connectivity index (χ3n) is 4.06. The van der Waals surface area contributed by atoms with Crippen LogP contribution in [0.3, 0.4) is 0 Å². The Morgan fingerprint density at radius 3 is 1.90 bits per heavy atom. The van der Waals surface area contributed by atoms with Crippen molar-refractivity contribution in [3.8, 4) is 0 Å². The molecule has 3 N–H and O–H groups in total. The molecule has 0 heterocycles. The third-order valence-corrected chi connectivity index (χ3v) is 4.59. The lowest BCUT2D eigenvalue weighted by Gasteiger charge is -2.10. The number of benzene rings is 3. The maximum absolute atomic E-state index is 12.3. The number of halogens is 1. The van der Waals surface area contributed by atoms with Crippen molar-refractivity contribution in [3.63, 3.8) is 0 Å². The molecule has 0 unspecified atom stereocenters. The standard InChI is InChI=1S/C22H18BrN3O3/c1-14-4-2-5-16(12-14)21(28)25-26-22(29)17-6-3-7-19(13-17)24-20(27)15-8-10-18(23)11-9-15/h2-13H,1H3,(H,24,27)(H,25,28)(H,26,29). The number of rotatable bonds is 4. The fraction of sp³-hybridized carbons (Fsp3) is 0.0455. The molecule has 0 aliphatic rings. The Bertz CT molecular complexity index is 1060. The van der Waals surface area contributed by atoms with E-state index in [9.17, 15) is 14.4 Å². The van der Waals surface area contributed by atoms with Crippen molar-refractivity contribution >= 4 is 39.3 Å². The first-order chi connectivity index (χ1) is 13.9. The van der Waals surface area contributed by atoms with Crippen LogP contribution in [0.2, 0.25) is 0 Å². The molecule has 0 aliphatic heterocycles. The van der Waals surface area contributed by atoms with E-state index in [4.69, 9.17) is 0 Å². The molecule has 29 heavy (non-hydrogen) atoms. The molecule has 0 aliphatic carbocycles. The van der Waals surface area contributed by atoms with Gasteiger partial charge < -0.3 is 5.32 Å². The van der Waals surface area contributed by atoms with Gasteiger partial charge in [0.15, 0.2) is 0 Å². The zero-order chi connectivity index (χ0) is 20.8. The van der Waals surface area contributed by atoms with E-state index in [1.807, 2.05) is 13.0 Å². The molecule has 0 bridgehead atoms. The van der Waals surface area contributed by atoms with Gasteiger partial charge in [-0.1, -0.05) is 39.7 Å². The normalized spacial score (nSPS) is 10.1. The Kier molecular flexibility index (Phi) is 6.41. The van der Waals surface area contributed by atoms with E-state index in [-0.39, 0.29) is 5.91 Å². The highest BCUT2D eigenvalue weighted by molar-refractivity contribution is 9.10. The van der Waals surface area contributed by atoms with Crippen molar-refractivity contribution in [2.45, 2.75) is 6.92 Å². The fourth-order valence-electron chi connectivity index (χ4n) is 2.59. The smallest absolute Gasteiger partial charge is 0.269 e. The number of carbonyl (C=O) groups is 3. The number of anilines is 1. The van der Waals surface area contributed by atoms with Gasteiger partial charge >= 0.3 is 0 Å². The predicted molar refractivity (Wildman–Crippen MR) is 115 cm³/mol. The number of hydrogen-bond donors (Lipinski definition) is 3. The highest BCUT2D eigenvalue weighted by Gasteiger charge is 2.11. The first-order valence-corrected chi connectivity index (χ1v) is 9.56. The summed E-state index contributed by atoms with van der Waals surface area (Å²) in [6.45, 7) is 1.88. The van der Waals surface area contributed by atoms with Crippen LogP contribution in [-0.4, -0.2) is 17.7 Å². The Balaban J connectivity index is 1.62. The quantitative estimate of drug-likeness (QED) is 0.522. The minimum absolute atomic E-state index is 0.289. The van der Waals surface area contributed by atoms with E-state index >= 15 is 0 Å². The van der Waals surface area contributed by atoms with Gasteiger partial charge in [0.2, 0.25) is 0 Å². The lowest BCUT2D eigenvalue weighted by atomic mass is 10.1. The Labute approximate surface area is 176 Å². The molecule has 0 spiro atoms. The van der Waals surface area contributed by atoms with E-state index in [0.29, 0.717) is 22.4 Å². The number of aryl methyl sites for hydroxylation is 1. The van der Waals surface area contributed by atoms with Crippen LogP contribution < -0.4 is 16.2 Å². The molecule has 3 aromatic carbocycles. The molecule has 3 rings (SSSR count). The summed E-state index contributed by atoms with van der Waals surface area (Å²) in [4.78, 5) is 36.8. The molecule has 0 saturated carbocycles. The second-order valence-corrected chi connectivity index (χ2v) is 7.24. The fourth-order valence-corrected chi connectivity index (χ4v) is 2.85. The molecule has 0 aromatic heterocycles. The zero-order valence-electron chi connectivity index (χ0n) is 15.5. The highest BCUT2D eigenvalue weighted by Crippen LogP contribution is 2.14. The molecule has 0 fully saturated rings. The predicted octanol–water partition coefficient (Wildman–Crippen LogP) is 4.08. The second-order valence-electron chi connectivity index (χ2n) is 6.32. The first kappa shape index (κ1) is 20.3. The number of nitrogens with one attached hydrogen (secondary N) is 3. The SMILES string of the molecule is Cc1cccc(C(=O)NNC(=O)c2cccc(NC(=O)c3ccc(Br)cc3)c2)c1. The Morgan fingerprint density at radius 2 is 1.28 bits per heavy atom. The van der Waals surface area contributed by atoms with Gasteiger partial charge in [-0.15, -0.1) is 0 Å². The molecule has 3 aromatic rings. The second kappa shape index (κ2) is 9.16. The zero-order valence-corrected chi connectivity index (χ0v) is 17.1. The molecule has 3 amide bonds. The number of hydrazine groups is 1. The molecule has 0 radical (unpaired) electrons. The van der Waals surface area contributed by atoms with Crippen LogP contribution in [0.25, 0.3) is 0 Å². The summed E-state index contributed by atoms with van der Waals surface area (Å²) in [6.07, 6.45) is 0. The van der Waals surface area contributed by atoms with Crippen LogP contribution in [0, 0.1) is 6.92 Å². The van der Waals surface area contributed by atoms with Crippen molar-refractivity contribution < 1.29 is 14.4 Å². The van der Waals surface area contributed by atoms with Gasteiger partial charge in [-0.2, -0.15) is 0 Å². The molecule has 146 valence electrons. The summed E-state index contributed by atoms with van der Waals surface area (Å²) in [7, 11) is 0. The molecule has 0 saturated heterocycles. The van der Waals surface area contributed by atoms with Gasteiger partial charge in [-0.25, -0.2) is 0 Å². The van der Waals surface area contributed by atoms with Gasteiger partial charge in [0.25, 0.3) is 17.7 Å². The van der Waals surface area contributed by atoms with Gasteiger partial charge in [0.05, 0.1) is 0 Å². The molecule has 0 atom stereocenters. The van der Waals surface area contributed by atoms with Crippen LogP contribution in [-0.2, 0) is 0 Å². The van der Waals surface area contributed by atoms with Gasteiger partial charge in [0, 0.05) is 26.9 Å². The third kappa shape index (κ3) is 5.52. The van der Waals surface area contributed by atoms with Crippen molar-refractivity contribution in [2.75, 3.05) is 5.32 Å². The molecular weight excluding hydrogens is 434 g/mol. The Morgan fingerprint density at radius 1 is 0.690 bits per heavy atom. The first-order valence-electron chi connectivity index (χ1n) is 8.77. The van der Waals surface area contributed by atoms with Crippen LogP contribution in [0.15, 0.2) is 77.3 Å². The van der Waals surface area contributed by atoms with Crippen LogP contribution in [0.5, 0.6) is 0 Å². The summed E-state index contributed by atoms with van der Waals surface area (Å²) < 4.78 is 0.875.